The van der Waals surface area contributed by atoms with E-state index in [-0.39, 0.29) is 17.2 Å². The third-order valence-corrected chi connectivity index (χ3v) is 3.37. The normalized spacial score (nSPS) is 17.8. The molecule has 1 aromatic rings. The molecule has 1 unspecified atom stereocenters. The van der Waals surface area contributed by atoms with Crippen LogP contribution in [0.5, 0.6) is 5.75 Å². The van der Waals surface area contributed by atoms with Crippen LogP contribution in [0.3, 0.4) is 0 Å². The Kier molecular flexibility index (Phi) is 4.57. The predicted molar refractivity (Wildman–Crippen MR) is 74.2 cm³/mol. The number of anilines is 1. The van der Waals surface area contributed by atoms with Gasteiger partial charge in [-0.05, 0) is 37.6 Å². The average Bonchev–Trinajstić information content (AvgIpc) is 2.90. The van der Waals surface area contributed by atoms with Crippen LogP contribution in [0.2, 0.25) is 0 Å². The number of carbonyl (C=O) groups excluding carboxylic acids is 1. The van der Waals surface area contributed by atoms with Crippen LogP contribution in [-0.2, 0) is 4.79 Å². The van der Waals surface area contributed by atoms with Crippen molar-refractivity contribution in [3.63, 3.8) is 0 Å². The highest BCUT2D eigenvalue weighted by Gasteiger charge is 2.19. The van der Waals surface area contributed by atoms with E-state index in [1.165, 1.54) is 19.2 Å². The summed E-state index contributed by atoms with van der Waals surface area (Å²) >= 11 is 0. The third kappa shape index (κ3) is 3.48. The van der Waals surface area contributed by atoms with Crippen molar-refractivity contribution in [2.24, 2.45) is 5.92 Å². The van der Waals surface area contributed by atoms with E-state index in [4.69, 9.17) is 9.84 Å². The van der Waals surface area contributed by atoms with Crippen LogP contribution in [0.15, 0.2) is 18.2 Å². The molecule has 1 aromatic carbocycles. The molecule has 3 N–H and O–H groups in total. The molecule has 0 radical (unpaired) electrons. The smallest absolute Gasteiger partial charge is 0.337 e. The zero-order valence-electron chi connectivity index (χ0n) is 11.3. The van der Waals surface area contributed by atoms with Gasteiger partial charge in [0.2, 0.25) is 5.91 Å². The van der Waals surface area contributed by atoms with Crippen molar-refractivity contribution in [2.45, 2.75) is 12.8 Å². The second kappa shape index (κ2) is 6.38. The van der Waals surface area contributed by atoms with Gasteiger partial charge in [-0.3, -0.25) is 4.79 Å². The molecule has 1 aliphatic rings. The molecule has 1 saturated heterocycles. The summed E-state index contributed by atoms with van der Waals surface area (Å²) in [5.74, 6) is -0.429. The van der Waals surface area contributed by atoms with E-state index in [9.17, 15) is 9.59 Å². The van der Waals surface area contributed by atoms with Crippen LogP contribution < -0.4 is 15.4 Å². The third-order valence-electron chi connectivity index (χ3n) is 3.37. The Labute approximate surface area is 117 Å². The first kappa shape index (κ1) is 14.3. The minimum atomic E-state index is -1.08. The summed E-state index contributed by atoms with van der Waals surface area (Å²) in [5.41, 5.74) is 0.330. The van der Waals surface area contributed by atoms with E-state index in [0.29, 0.717) is 18.1 Å². The molecular formula is C14H18N2O4. The van der Waals surface area contributed by atoms with Crippen LogP contribution in [-0.4, -0.2) is 37.2 Å². The standard InChI is InChI=1S/C14H18N2O4/c1-20-10-2-3-11(14(18)19)12(7-10)16-13(17)6-9-4-5-15-8-9/h2-3,7,9,15H,4-6,8H2,1H3,(H,16,17)(H,18,19). The molecule has 1 heterocycles. The van der Waals surface area contributed by atoms with Gasteiger partial charge in [0.15, 0.2) is 0 Å². The first-order chi connectivity index (χ1) is 9.60. The van der Waals surface area contributed by atoms with E-state index in [2.05, 4.69) is 10.6 Å². The first-order valence-electron chi connectivity index (χ1n) is 6.52. The highest BCUT2D eigenvalue weighted by atomic mass is 16.5. The van der Waals surface area contributed by atoms with E-state index >= 15 is 0 Å². The molecular weight excluding hydrogens is 260 g/mol. The van der Waals surface area contributed by atoms with E-state index < -0.39 is 5.97 Å². The number of benzene rings is 1. The van der Waals surface area contributed by atoms with Gasteiger partial charge in [-0.15, -0.1) is 0 Å². The van der Waals surface area contributed by atoms with E-state index in [1.807, 2.05) is 0 Å². The molecule has 0 spiro atoms. The lowest BCUT2D eigenvalue weighted by Crippen LogP contribution is -2.19. The number of ether oxygens (including phenoxy) is 1. The zero-order chi connectivity index (χ0) is 14.5. The number of amides is 1. The quantitative estimate of drug-likeness (QED) is 0.756. The molecule has 0 bridgehead atoms. The molecule has 108 valence electrons. The fourth-order valence-corrected chi connectivity index (χ4v) is 2.29. The number of carboxylic acid groups (broad SMARTS) is 1. The molecule has 6 heteroatoms. The Balaban J connectivity index is 2.09. The molecule has 1 amide bonds. The summed E-state index contributed by atoms with van der Waals surface area (Å²) in [5, 5.41) is 15.0. The van der Waals surface area contributed by atoms with E-state index in [1.54, 1.807) is 6.07 Å². The number of carbonyl (C=O) groups is 2. The van der Waals surface area contributed by atoms with Crippen LogP contribution in [0.1, 0.15) is 23.2 Å². The molecule has 0 saturated carbocycles. The summed E-state index contributed by atoms with van der Waals surface area (Å²) in [4.78, 5) is 23.1. The van der Waals surface area contributed by atoms with Gasteiger partial charge >= 0.3 is 5.97 Å². The fraction of sp³-hybridized carbons (Fsp3) is 0.429. The highest BCUT2D eigenvalue weighted by molar-refractivity contribution is 6.00. The largest absolute Gasteiger partial charge is 0.497 e. The molecule has 2 rings (SSSR count). The van der Waals surface area contributed by atoms with Crippen LogP contribution in [0.4, 0.5) is 5.69 Å². The van der Waals surface area contributed by atoms with E-state index in [0.717, 1.165) is 19.5 Å². The Morgan fingerprint density at radius 1 is 1.50 bits per heavy atom. The molecule has 0 aliphatic carbocycles. The SMILES string of the molecule is COc1ccc(C(=O)O)c(NC(=O)CC2CCNC2)c1. The van der Waals surface area contributed by atoms with Crippen LogP contribution >= 0.6 is 0 Å². The van der Waals surface area contributed by atoms with Crippen molar-refractivity contribution in [3.8, 4) is 5.75 Å². The summed E-state index contributed by atoms with van der Waals surface area (Å²) in [6.07, 6.45) is 1.36. The predicted octanol–water partition coefficient (Wildman–Crippen LogP) is 1.33. The number of carboxylic acids is 1. The molecule has 1 atom stereocenters. The number of nitrogens with one attached hydrogen (secondary N) is 2. The van der Waals surface area contributed by atoms with Gasteiger partial charge in [0.1, 0.15) is 5.75 Å². The van der Waals surface area contributed by atoms with Crippen molar-refractivity contribution in [1.29, 1.82) is 0 Å². The van der Waals surface area contributed by atoms with Gasteiger partial charge in [0.05, 0.1) is 18.4 Å². The van der Waals surface area contributed by atoms with Crippen molar-refractivity contribution >= 4 is 17.6 Å². The lowest BCUT2D eigenvalue weighted by atomic mass is 10.0. The molecule has 6 nitrogen and oxygen atoms in total. The van der Waals surface area contributed by atoms with Crippen molar-refractivity contribution in [3.05, 3.63) is 23.8 Å². The molecule has 0 aromatic heterocycles. The molecule has 20 heavy (non-hydrogen) atoms. The Morgan fingerprint density at radius 2 is 2.30 bits per heavy atom. The Bertz CT molecular complexity index is 510. The van der Waals surface area contributed by atoms with Gasteiger partial charge in [0, 0.05) is 12.5 Å². The van der Waals surface area contributed by atoms with Crippen molar-refractivity contribution in [1.82, 2.24) is 5.32 Å². The minimum Gasteiger partial charge on any atom is -0.497 e. The maximum atomic E-state index is 12.0. The zero-order valence-corrected chi connectivity index (χ0v) is 11.3. The number of rotatable bonds is 5. The number of hydrogen-bond donors (Lipinski definition) is 3. The Morgan fingerprint density at radius 3 is 2.90 bits per heavy atom. The number of hydrogen-bond acceptors (Lipinski definition) is 4. The maximum absolute atomic E-state index is 12.0. The van der Waals surface area contributed by atoms with Gasteiger partial charge < -0.3 is 20.5 Å². The second-order valence-corrected chi connectivity index (χ2v) is 4.83. The van der Waals surface area contributed by atoms with Crippen molar-refractivity contribution < 1.29 is 19.4 Å². The summed E-state index contributed by atoms with van der Waals surface area (Å²) in [6, 6.07) is 4.50. The van der Waals surface area contributed by atoms with Crippen molar-refractivity contribution in [2.75, 3.05) is 25.5 Å². The molecule has 1 aliphatic heterocycles. The topological polar surface area (TPSA) is 87.7 Å². The monoisotopic (exact) mass is 278 g/mol. The van der Waals surface area contributed by atoms with Crippen LogP contribution in [0.25, 0.3) is 0 Å². The Hall–Kier alpha value is -2.08. The summed E-state index contributed by atoms with van der Waals surface area (Å²) < 4.78 is 5.05. The average molecular weight is 278 g/mol. The van der Waals surface area contributed by atoms with Gasteiger partial charge in [0.25, 0.3) is 0 Å². The van der Waals surface area contributed by atoms with Gasteiger partial charge in [-0.2, -0.15) is 0 Å². The van der Waals surface area contributed by atoms with Gasteiger partial charge in [-0.1, -0.05) is 0 Å². The summed E-state index contributed by atoms with van der Waals surface area (Å²) in [6.45, 7) is 1.76. The number of aromatic carboxylic acids is 1. The van der Waals surface area contributed by atoms with Crippen LogP contribution in [0, 0.1) is 5.92 Å². The number of methoxy groups -OCH3 is 1. The maximum Gasteiger partial charge on any atom is 0.337 e. The lowest BCUT2D eigenvalue weighted by molar-refractivity contribution is -0.116. The second-order valence-electron chi connectivity index (χ2n) is 4.83. The first-order valence-corrected chi connectivity index (χ1v) is 6.52. The minimum absolute atomic E-state index is 0.0590. The van der Waals surface area contributed by atoms with Gasteiger partial charge in [-0.25, -0.2) is 4.79 Å². The summed E-state index contributed by atoms with van der Waals surface area (Å²) in [7, 11) is 1.49. The molecule has 1 fully saturated rings. The fourth-order valence-electron chi connectivity index (χ4n) is 2.29. The highest BCUT2D eigenvalue weighted by Crippen LogP contribution is 2.23. The lowest BCUT2D eigenvalue weighted by Gasteiger charge is -2.12.